The smallest absolute Gasteiger partial charge is 0.246 e. The Hall–Kier alpha value is -5.19. The van der Waals surface area contributed by atoms with Gasteiger partial charge in [0.05, 0.1) is 189 Å². The first-order chi connectivity index (χ1) is 59.3. The maximum Gasteiger partial charge on any atom is 0.246 e. The summed E-state index contributed by atoms with van der Waals surface area (Å²) in [6, 6.07) is 0. The van der Waals surface area contributed by atoms with Gasteiger partial charge in [-0.3, -0.25) is 38.5 Å². The molecule has 3 saturated heterocycles. The summed E-state index contributed by atoms with van der Waals surface area (Å²) in [7, 11) is 1.28. The SMILES string of the molecule is CO[C@H]1O[C@H](CO[C@H]2C[C@H](CO[C@H]3O[C@H](CO)[C@@H](O)[C@@H](O)[C@H]3O)[C@@H](OCCCCCC(=O)NCCOCCOCCCC(=O)C3CCC(CN4C(=O)CC(SC)C4=O)CC3)[C@@H](O)[C@H]2O)[C@@H](OCCCCCC(=O)NCc2cn(CCOCCOCCOCCOCCOCCOCCOCCOCCNC(=O)COCC(=O)NCC=O)nn2)[C@@H](O)[C@H]1O. The van der Waals surface area contributed by atoms with Crippen molar-refractivity contribution >= 4 is 59.3 Å². The summed E-state index contributed by atoms with van der Waals surface area (Å²) in [4.78, 5) is 97.9. The molecule has 6 rings (SSSR count). The number of hydrogen-bond donors (Lipinski definition) is 12. The van der Waals surface area contributed by atoms with Crippen molar-refractivity contribution < 1.29 is 164 Å². The highest BCUT2D eigenvalue weighted by Gasteiger charge is 2.50. The first kappa shape index (κ1) is 106. The Bertz CT molecular complexity index is 3030. The summed E-state index contributed by atoms with van der Waals surface area (Å²) in [5.74, 6) is -1.80. The van der Waals surface area contributed by atoms with Crippen molar-refractivity contribution in [2.45, 2.75) is 207 Å². The monoisotopic (exact) mass is 1770 g/mol. The molecule has 3 aliphatic heterocycles. The van der Waals surface area contributed by atoms with Gasteiger partial charge in [0, 0.05) is 84.1 Å². The van der Waals surface area contributed by atoms with Crippen LogP contribution in [0.5, 0.6) is 0 Å². The molecular weight excluding hydrogens is 1640 g/mol. The summed E-state index contributed by atoms with van der Waals surface area (Å²) < 4.78 is 103. The predicted octanol–water partition coefficient (Wildman–Crippen LogP) is -3.80. The van der Waals surface area contributed by atoms with Crippen molar-refractivity contribution in [3.63, 3.8) is 0 Å². The lowest BCUT2D eigenvalue weighted by molar-refractivity contribution is -0.312. The van der Waals surface area contributed by atoms with Gasteiger partial charge in [0.1, 0.15) is 92.0 Å². The zero-order valence-corrected chi connectivity index (χ0v) is 71.4. The van der Waals surface area contributed by atoms with Crippen LogP contribution in [0.4, 0.5) is 0 Å². The summed E-state index contributed by atoms with van der Waals surface area (Å²) in [5, 5.41) is 106. The number of aliphatic hydroxyl groups excluding tert-OH is 8. The molecule has 43 heteroatoms. The van der Waals surface area contributed by atoms with Crippen molar-refractivity contribution in [2.75, 3.05) is 218 Å². The normalized spacial score (nSPS) is 26.2. The highest BCUT2D eigenvalue weighted by molar-refractivity contribution is 8.00. The number of likely N-dealkylation sites (tertiary alicyclic amines) is 1. The number of aldehydes is 1. The van der Waals surface area contributed by atoms with Crippen LogP contribution in [0, 0.1) is 17.8 Å². The van der Waals surface area contributed by atoms with E-state index in [9.17, 15) is 79.2 Å². The zero-order valence-electron chi connectivity index (χ0n) is 70.6. The molecule has 12 N–H and O–H groups in total. The lowest BCUT2D eigenvalue weighted by Gasteiger charge is -2.45. The summed E-state index contributed by atoms with van der Waals surface area (Å²) >= 11 is 1.41. The molecule has 0 spiro atoms. The molecule has 702 valence electrons. The average Bonchev–Trinajstić information content (AvgIpc) is 1.04. The molecule has 122 heavy (non-hydrogen) atoms. The van der Waals surface area contributed by atoms with Crippen LogP contribution >= 0.6 is 11.8 Å². The molecule has 2 saturated carbocycles. The number of unbranched alkanes of at least 4 members (excludes halogenated alkanes) is 4. The Morgan fingerprint density at radius 2 is 1.03 bits per heavy atom. The number of nitrogens with one attached hydrogen (secondary N) is 4. The minimum atomic E-state index is -1.73. The first-order valence-corrected chi connectivity index (χ1v) is 43.9. The number of rotatable bonds is 71. The summed E-state index contributed by atoms with van der Waals surface area (Å²) in [5.41, 5.74) is 0.560. The minimum absolute atomic E-state index is 0.00988. The molecule has 42 nitrogen and oxygen atoms in total. The molecule has 16 atom stereocenters. The molecule has 6 amide bonds. The fourth-order valence-electron chi connectivity index (χ4n) is 14.0. The van der Waals surface area contributed by atoms with Crippen LogP contribution in [0.15, 0.2) is 6.20 Å². The number of hydrogen-bond acceptors (Lipinski definition) is 37. The van der Waals surface area contributed by atoms with Gasteiger partial charge in [0.2, 0.25) is 35.4 Å². The second kappa shape index (κ2) is 63.7. The molecule has 0 bridgehead atoms. The molecule has 4 heterocycles. The fourth-order valence-corrected chi connectivity index (χ4v) is 14.7. The van der Waals surface area contributed by atoms with Gasteiger partial charge in [-0.2, -0.15) is 11.8 Å². The lowest BCUT2D eigenvalue weighted by Crippen LogP contribution is -2.61. The second-order valence-electron chi connectivity index (χ2n) is 30.0. The Labute approximate surface area is 716 Å². The van der Waals surface area contributed by atoms with Gasteiger partial charge in [0.15, 0.2) is 12.6 Å². The molecule has 5 aliphatic rings. The maximum absolute atomic E-state index is 12.9. The third-order valence-electron chi connectivity index (χ3n) is 20.9. The largest absolute Gasteiger partial charge is 0.394 e. The van der Waals surface area contributed by atoms with E-state index in [1.807, 2.05) is 6.26 Å². The topological polar surface area (TPSA) is 547 Å². The molecule has 0 aromatic carbocycles. The number of carbonyl (C=O) groups excluding carboxylic acids is 8. The van der Waals surface area contributed by atoms with E-state index < -0.39 is 110 Å². The van der Waals surface area contributed by atoms with E-state index in [1.54, 1.807) is 10.9 Å². The van der Waals surface area contributed by atoms with Crippen molar-refractivity contribution in [3.8, 4) is 0 Å². The summed E-state index contributed by atoms with van der Waals surface area (Å²) in [6.07, 6.45) is -7.80. The molecule has 2 aliphatic carbocycles. The Morgan fingerprint density at radius 3 is 1.59 bits per heavy atom. The van der Waals surface area contributed by atoms with Gasteiger partial charge >= 0.3 is 0 Å². The number of ether oxygens (including phenoxy) is 18. The van der Waals surface area contributed by atoms with Crippen LogP contribution in [0.25, 0.3) is 0 Å². The van der Waals surface area contributed by atoms with E-state index in [1.165, 1.54) is 23.8 Å². The van der Waals surface area contributed by atoms with Crippen molar-refractivity contribution in [2.24, 2.45) is 17.8 Å². The third-order valence-corrected chi connectivity index (χ3v) is 21.8. The van der Waals surface area contributed by atoms with Crippen LogP contribution in [0.3, 0.4) is 0 Å². The van der Waals surface area contributed by atoms with Crippen LogP contribution < -0.4 is 21.3 Å². The van der Waals surface area contributed by atoms with Gasteiger partial charge in [0.25, 0.3) is 0 Å². The standard InChI is InChI=1S/C79H136N8O34S/c1-104-78-74(102)72(100)76(117-24-8-4-6-12-64(92)83-46-57-48-86(85-84-57)20-27-108-31-33-110-35-37-112-39-41-114-43-42-113-40-38-111-36-34-109-32-30-107-26-19-82-66(94)53-115-52-65(93)80-17-21-88)61(121-78)51-118-59-44-56(50-119-79-73(101)70(98)69(97)60(49-89)120-79)75(71(99)68(59)96)116-23-7-3-5-11-63(91)81-18-25-106-29-28-105-22-9-10-58(90)55-15-13-54(14-16-55)47-87-67(95)45-62(122-2)77(87)103/h21,48,54-56,59-62,68-76,78-79,89,96-102H,3-20,22-47,49-53H2,1-2H3,(H,80,93)(H,81,91)(H,82,94)(H,83,92)/t54?,55?,56-,59+,60-,61-,62?,68+,69-,70-,71+,72+,73-,74-,75-,76-,78+,79+/m1/s1. The van der Waals surface area contributed by atoms with E-state index in [0.29, 0.717) is 195 Å². The van der Waals surface area contributed by atoms with Gasteiger partial charge in [-0.25, -0.2) is 4.68 Å². The molecule has 0 radical (unpaired) electrons. The number of methoxy groups -OCH3 is 1. The number of aromatic nitrogens is 3. The predicted molar refractivity (Wildman–Crippen MR) is 428 cm³/mol. The molecule has 1 aromatic heterocycles. The van der Waals surface area contributed by atoms with Crippen molar-refractivity contribution in [1.29, 1.82) is 0 Å². The number of imide groups is 1. The Balaban J connectivity index is 0.755. The van der Waals surface area contributed by atoms with E-state index in [-0.39, 0.29) is 151 Å². The quantitative estimate of drug-likeness (QED) is 0.0169. The van der Waals surface area contributed by atoms with E-state index >= 15 is 0 Å². The molecule has 1 aromatic rings. The number of carbonyl (C=O) groups is 8. The Kier molecular flexibility index (Phi) is 55.1. The highest BCUT2D eigenvalue weighted by atomic mass is 32.2. The van der Waals surface area contributed by atoms with Gasteiger partial charge in [-0.05, 0) is 76.4 Å². The van der Waals surface area contributed by atoms with Crippen LogP contribution in [-0.4, -0.2) is 417 Å². The van der Waals surface area contributed by atoms with Crippen molar-refractivity contribution in [1.82, 2.24) is 41.2 Å². The maximum atomic E-state index is 12.9. The van der Waals surface area contributed by atoms with Gasteiger partial charge in [-0.15, -0.1) is 5.10 Å². The van der Waals surface area contributed by atoms with E-state index in [0.717, 1.165) is 25.7 Å². The zero-order chi connectivity index (χ0) is 87.9. The number of nitrogens with zero attached hydrogens (tertiary/aromatic N) is 4. The minimum Gasteiger partial charge on any atom is -0.394 e. The first-order valence-electron chi connectivity index (χ1n) is 42.6. The molecular formula is C79H136N8O34S. The number of amides is 6. The van der Waals surface area contributed by atoms with E-state index in [2.05, 4.69) is 31.6 Å². The number of thioether (sulfide) groups is 1. The average molecular weight is 1770 g/mol. The number of ketones is 1. The lowest BCUT2D eigenvalue weighted by atomic mass is 9.79. The van der Waals surface area contributed by atoms with Crippen LogP contribution in [0.2, 0.25) is 0 Å². The summed E-state index contributed by atoms with van der Waals surface area (Å²) in [6.45, 7) is 7.13. The van der Waals surface area contributed by atoms with Gasteiger partial charge in [-0.1, -0.05) is 18.1 Å². The van der Waals surface area contributed by atoms with Crippen LogP contribution in [-0.2, 0) is 137 Å². The second-order valence-corrected chi connectivity index (χ2v) is 31.1. The third kappa shape index (κ3) is 41.3. The number of Topliss-reactive ketones (excluding diaryl/α,β-unsaturated/α-hetero) is 1. The fraction of sp³-hybridized carbons (Fsp3) is 0.873. The number of aliphatic hydroxyl groups is 8. The highest BCUT2D eigenvalue weighted by Crippen LogP contribution is 2.36. The van der Waals surface area contributed by atoms with Crippen molar-refractivity contribution in [3.05, 3.63) is 11.9 Å². The molecule has 1 unspecified atom stereocenters. The van der Waals surface area contributed by atoms with Gasteiger partial charge < -0.3 is 152 Å². The Morgan fingerprint density at radius 1 is 0.516 bits per heavy atom. The van der Waals surface area contributed by atoms with E-state index in [4.69, 9.17) is 85.3 Å². The molecule has 5 fully saturated rings. The van der Waals surface area contributed by atoms with Crippen LogP contribution in [0.1, 0.15) is 108 Å².